The molecule has 1 aliphatic rings. The monoisotopic (exact) mass is 281 g/mol. The predicted octanol–water partition coefficient (Wildman–Crippen LogP) is 1.31. The van der Waals surface area contributed by atoms with Crippen molar-refractivity contribution in [2.75, 3.05) is 58.4 Å². The lowest BCUT2D eigenvalue weighted by Gasteiger charge is -2.26. The normalized spacial score (nSPS) is 16.4. The summed E-state index contributed by atoms with van der Waals surface area (Å²) in [5, 5.41) is 3.41. The summed E-state index contributed by atoms with van der Waals surface area (Å²) in [6.45, 7) is 6.45. The second kappa shape index (κ2) is 7.57. The van der Waals surface area contributed by atoms with Crippen LogP contribution in [0.2, 0.25) is 0 Å². The lowest BCUT2D eigenvalue weighted by molar-refractivity contribution is 0.0384. The molecule has 0 aliphatic carbocycles. The highest BCUT2D eigenvalue weighted by molar-refractivity contribution is 5.48. The molecular weight excluding hydrogens is 257 g/mol. The van der Waals surface area contributed by atoms with Crippen LogP contribution in [-0.2, 0) is 11.3 Å². The van der Waals surface area contributed by atoms with Crippen LogP contribution in [0.5, 0.6) is 0 Å². The number of rotatable bonds is 6. The van der Waals surface area contributed by atoms with Crippen molar-refractivity contribution < 1.29 is 9.13 Å². The fourth-order valence-electron chi connectivity index (χ4n) is 2.31. The van der Waals surface area contributed by atoms with E-state index in [1.807, 2.05) is 26.2 Å². The summed E-state index contributed by atoms with van der Waals surface area (Å²) < 4.78 is 18.9. The van der Waals surface area contributed by atoms with E-state index < -0.39 is 0 Å². The second-order valence-electron chi connectivity index (χ2n) is 5.31. The number of hydrogen-bond donors (Lipinski definition) is 1. The van der Waals surface area contributed by atoms with Gasteiger partial charge in [0.05, 0.1) is 18.9 Å². The first-order chi connectivity index (χ1) is 9.66. The molecule has 2 rings (SSSR count). The van der Waals surface area contributed by atoms with Gasteiger partial charge < -0.3 is 15.0 Å². The zero-order valence-electron chi connectivity index (χ0n) is 12.4. The molecule has 1 aromatic carbocycles. The lowest BCUT2D eigenvalue weighted by Crippen LogP contribution is -2.40. The zero-order chi connectivity index (χ0) is 14.4. The van der Waals surface area contributed by atoms with Crippen LogP contribution in [-0.4, -0.2) is 58.4 Å². The molecule has 0 aromatic heterocycles. The van der Waals surface area contributed by atoms with Gasteiger partial charge in [0.1, 0.15) is 5.82 Å². The largest absolute Gasteiger partial charge is 0.379 e. The molecule has 1 N–H and O–H groups in total. The Bertz CT molecular complexity index is 420. The SMILES string of the molecule is CN(C)c1cc(CNCCN2CCOCC2)ccc1F. The van der Waals surface area contributed by atoms with Gasteiger partial charge in [-0.3, -0.25) is 4.90 Å². The third kappa shape index (κ3) is 4.44. The van der Waals surface area contributed by atoms with Crippen LogP contribution in [0, 0.1) is 5.82 Å². The number of anilines is 1. The summed E-state index contributed by atoms with van der Waals surface area (Å²) >= 11 is 0. The fourth-order valence-corrected chi connectivity index (χ4v) is 2.31. The minimum Gasteiger partial charge on any atom is -0.379 e. The Morgan fingerprint density at radius 2 is 2.05 bits per heavy atom. The summed E-state index contributed by atoms with van der Waals surface area (Å²) in [6, 6.07) is 5.27. The maximum Gasteiger partial charge on any atom is 0.146 e. The van der Waals surface area contributed by atoms with Crippen molar-refractivity contribution in [3.63, 3.8) is 0 Å². The minimum absolute atomic E-state index is 0.174. The van der Waals surface area contributed by atoms with Gasteiger partial charge in [-0.15, -0.1) is 0 Å². The summed E-state index contributed by atoms with van der Waals surface area (Å²) in [5.74, 6) is -0.174. The number of benzene rings is 1. The van der Waals surface area contributed by atoms with Gasteiger partial charge in [0.25, 0.3) is 0 Å². The third-order valence-corrected chi connectivity index (χ3v) is 3.53. The van der Waals surface area contributed by atoms with E-state index in [1.165, 1.54) is 6.07 Å². The van der Waals surface area contributed by atoms with Crippen molar-refractivity contribution in [1.29, 1.82) is 0 Å². The van der Waals surface area contributed by atoms with E-state index >= 15 is 0 Å². The highest BCUT2D eigenvalue weighted by Gasteiger charge is 2.09. The summed E-state index contributed by atoms with van der Waals surface area (Å²) in [4.78, 5) is 4.19. The lowest BCUT2D eigenvalue weighted by atomic mass is 10.2. The van der Waals surface area contributed by atoms with E-state index in [2.05, 4.69) is 10.2 Å². The van der Waals surface area contributed by atoms with Crippen molar-refractivity contribution in [2.24, 2.45) is 0 Å². The van der Waals surface area contributed by atoms with Crippen molar-refractivity contribution in [3.05, 3.63) is 29.6 Å². The molecule has 112 valence electrons. The summed E-state index contributed by atoms with van der Waals surface area (Å²) in [7, 11) is 3.71. The van der Waals surface area contributed by atoms with E-state index in [1.54, 1.807) is 4.90 Å². The molecule has 1 saturated heterocycles. The van der Waals surface area contributed by atoms with Crippen LogP contribution in [0.15, 0.2) is 18.2 Å². The van der Waals surface area contributed by atoms with Gasteiger partial charge in [0.15, 0.2) is 0 Å². The molecule has 1 heterocycles. The van der Waals surface area contributed by atoms with Gasteiger partial charge in [-0.25, -0.2) is 4.39 Å². The standard InChI is InChI=1S/C15H24FN3O/c1-18(2)15-11-13(3-4-14(15)16)12-17-5-6-19-7-9-20-10-8-19/h3-4,11,17H,5-10,12H2,1-2H3. The zero-order valence-corrected chi connectivity index (χ0v) is 12.4. The minimum atomic E-state index is -0.174. The topological polar surface area (TPSA) is 27.7 Å². The molecule has 0 saturated carbocycles. The number of nitrogens with one attached hydrogen (secondary N) is 1. The molecule has 5 heteroatoms. The highest BCUT2D eigenvalue weighted by Crippen LogP contribution is 2.18. The Morgan fingerprint density at radius 3 is 2.75 bits per heavy atom. The Kier molecular flexibility index (Phi) is 5.76. The number of halogens is 1. The van der Waals surface area contributed by atoms with Crippen LogP contribution >= 0.6 is 0 Å². The molecule has 1 aromatic rings. The van der Waals surface area contributed by atoms with Crippen LogP contribution in [0.3, 0.4) is 0 Å². The average Bonchev–Trinajstić information content (AvgIpc) is 2.46. The van der Waals surface area contributed by atoms with Gasteiger partial charge in [-0.05, 0) is 17.7 Å². The smallest absolute Gasteiger partial charge is 0.146 e. The van der Waals surface area contributed by atoms with Crippen LogP contribution < -0.4 is 10.2 Å². The fraction of sp³-hybridized carbons (Fsp3) is 0.600. The van der Waals surface area contributed by atoms with Crippen LogP contribution in [0.1, 0.15) is 5.56 Å². The Morgan fingerprint density at radius 1 is 1.30 bits per heavy atom. The molecule has 0 radical (unpaired) electrons. The summed E-state index contributed by atoms with van der Waals surface area (Å²) in [5.41, 5.74) is 1.74. The Labute approximate surface area is 120 Å². The summed E-state index contributed by atoms with van der Waals surface area (Å²) in [6.07, 6.45) is 0. The van der Waals surface area contributed by atoms with Gasteiger partial charge in [0.2, 0.25) is 0 Å². The van der Waals surface area contributed by atoms with Gasteiger partial charge in [-0.1, -0.05) is 6.07 Å². The van der Waals surface area contributed by atoms with E-state index in [-0.39, 0.29) is 5.82 Å². The maximum absolute atomic E-state index is 13.6. The molecule has 0 bridgehead atoms. The Balaban J connectivity index is 1.74. The van der Waals surface area contributed by atoms with Crippen molar-refractivity contribution in [1.82, 2.24) is 10.2 Å². The average molecular weight is 281 g/mol. The van der Waals surface area contributed by atoms with Gasteiger partial charge >= 0.3 is 0 Å². The van der Waals surface area contributed by atoms with Gasteiger partial charge in [0, 0.05) is 46.8 Å². The Hall–Kier alpha value is -1.17. The molecule has 1 fully saturated rings. The van der Waals surface area contributed by atoms with Crippen LogP contribution in [0.25, 0.3) is 0 Å². The highest BCUT2D eigenvalue weighted by atomic mass is 19.1. The first kappa shape index (κ1) is 15.2. The quantitative estimate of drug-likeness (QED) is 0.796. The molecule has 0 amide bonds. The van der Waals surface area contributed by atoms with E-state index in [0.717, 1.165) is 51.5 Å². The predicted molar refractivity (Wildman–Crippen MR) is 79.7 cm³/mol. The van der Waals surface area contributed by atoms with Gasteiger partial charge in [-0.2, -0.15) is 0 Å². The number of ether oxygens (including phenoxy) is 1. The molecule has 0 unspecified atom stereocenters. The number of morpholine rings is 1. The number of nitrogens with zero attached hydrogens (tertiary/aromatic N) is 2. The molecule has 0 spiro atoms. The molecule has 1 aliphatic heterocycles. The van der Waals surface area contributed by atoms with E-state index in [0.29, 0.717) is 5.69 Å². The van der Waals surface area contributed by atoms with Crippen molar-refractivity contribution >= 4 is 5.69 Å². The molecule has 20 heavy (non-hydrogen) atoms. The van der Waals surface area contributed by atoms with Crippen molar-refractivity contribution in [3.8, 4) is 0 Å². The van der Waals surface area contributed by atoms with Crippen molar-refractivity contribution in [2.45, 2.75) is 6.54 Å². The number of hydrogen-bond acceptors (Lipinski definition) is 4. The third-order valence-electron chi connectivity index (χ3n) is 3.53. The maximum atomic E-state index is 13.6. The molecule has 4 nitrogen and oxygen atoms in total. The first-order valence-electron chi connectivity index (χ1n) is 7.13. The molecule has 0 atom stereocenters. The molecular formula is C15H24FN3O. The van der Waals surface area contributed by atoms with E-state index in [9.17, 15) is 4.39 Å². The first-order valence-corrected chi connectivity index (χ1v) is 7.13. The van der Waals surface area contributed by atoms with Crippen LogP contribution in [0.4, 0.5) is 10.1 Å². The second-order valence-corrected chi connectivity index (χ2v) is 5.31. The van der Waals surface area contributed by atoms with E-state index in [4.69, 9.17) is 4.74 Å².